The third-order valence-corrected chi connectivity index (χ3v) is 5.10. The molecule has 0 saturated heterocycles. The van der Waals surface area contributed by atoms with Crippen LogP contribution in [-0.2, 0) is 0 Å². The Morgan fingerprint density at radius 2 is 2.06 bits per heavy atom. The second-order valence-corrected chi connectivity index (χ2v) is 8.22. The maximum atomic E-state index is 3.62. The van der Waals surface area contributed by atoms with Crippen LogP contribution in [0.25, 0.3) is 0 Å². The molecule has 3 heteroatoms. The summed E-state index contributed by atoms with van der Waals surface area (Å²) in [5.74, 6) is 0. The minimum absolute atomic E-state index is 0.414. The van der Waals surface area contributed by atoms with Crippen molar-refractivity contribution in [3.63, 3.8) is 0 Å². The minimum Gasteiger partial charge on any atom is -0.310 e. The lowest BCUT2D eigenvalue weighted by Gasteiger charge is -2.23. The summed E-state index contributed by atoms with van der Waals surface area (Å²) in [6, 6.07) is 2.82. The summed E-state index contributed by atoms with van der Waals surface area (Å²) >= 11 is 5.48. The number of hydrogen-bond acceptors (Lipinski definition) is 2. The van der Waals surface area contributed by atoms with Crippen LogP contribution >= 0.6 is 27.3 Å². The first kappa shape index (κ1) is 15.2. The van der Waals surface area contributed by atoms with Crippen molar-refractivity contribution in [2.45, 2.75) is 53.5 Å². The van der Waals surface area contributed by atoms with Gasteiger partial charge in [0.05, 0.1) is 3.79 Å². The Morgan fingerprint density at radius 1 is 1.41 bits per heavy atom. The van der Waals surface area contributed by atoms with Crippen LogP contribution in [0.4, 0.5) is 0 Å². The molecule has 0 radical (unpaired) electrons. The largest absolute Gasteiger partial charge is 0.310 e. The Labute approximate surface area is 118 Å². The van der Waals surface area contributed by atoms with E-state index in [1.807, 2.05) is 11.3 Å². The zero-order chi connectivity index (χ0) is 13.1. The normalized spacial score (nSPS) is 14.0. The second kappa shape index (κ2) is 6.35. The van der Waals surface area contributed by atoms with Crippen LogP contribution in [0.5, 0.6) is 0 Å². The van der Waals surface area contributed by atoms with Crippen LogP contribution in [0.1, 0.15) is 57.0 Å². The van der Waals surface area contributed by atoms with E-state index in [0.29, 0.717) is 11.5 Å². The number of hydrogen-bond donors (Lipinski definition) is 1. The van der Waals surface area contributed by atoms with Gasteiger partial charge in [0.15, 0.2) is 0 Å². The third kappa shape index (κ3) is 5.11. The van der Waals surface area contributed by atoms with Gasteiger partial charge in [-0.25, -0.2) is 0 Å². The van der Waals surface area contributed by atoms with Crippen LogP contribution in [0, 0.1) is 12.3 Å². The Morgan fingerprint density at radius 3 is 2.47 bits per heavy atom. The third-order valence-electron chi connectivity index (χ3n) is 2.85. The highest BCUT2D eigenvalue weighted by Crippen LogP contribution is 2.35. The van der Waals surface area contributed by atoms with Crippen LogP contribution in [0.2, 0.25) is 0 Å². The maximum Gasteiger partial charge on any atom is 0.0731 e. The fraction of sp³-hybridized carbons (Fsp3) is 0.714. The van der Waals surface area contributed by atoms with Gasteiger partial charge in [-0.2, -0.15) is 0 Å². The monoisotopic (exact) mass is 317 g/mol. The zero-order valence-electron chi connectivity index (χ0n) is 11.6. The first-order valence-electron chi connectivity index (χ1n) is 6.32. The molecule has 0 aliphatic carbocycles. The molecule has 1 rings (SSSR count). The van der Waals surface area contributed by atoms with Gasteiger partial charge in [-0.05, 0) is 59.3 Å². The number of aryl methyl sites for hydroxylation is 1. The van der Waals surface area contributed by atoms with Gasteiger partial charge in [-0.1, -0.05) is 27.7 Å². The predicted molar refractivity (Wildman–Crippen MR) is 81.9 cm³/mol. The van der Waals surface area contributed by atoms with Crippen molar-refractivity contribution in [2.24, 2.45) is 5.41 Å². The van der Waals surface area contributed by atoms with Crippen molar-refractivity contribution in [1.29, 1.82) is 0 Å². The Balaban J connectivity index is 2.71. The van der Waals surface area contributed by atoms with Gasteiger partial charge in [0.25, 0.3) is 0 Å². The number of nitrogens with one attached hydrogen (secondary N) is 1. The highest BCUT2D eigenvalue weighted by molar-refractivity contribution is 9.11. The van der Waals surface area contributed by atoms with E-state index in [1.54, 1.807) is 0 Å². The van der Waals surface area contributed by atoms with Gasteiger partial charge in [0.1, 0.15) is 0 Å². The number of halogens is 1. The molecule has 1 aromatic heterocycles. The van der Waals surface area contributed by atoms with Crippen LogP contribution in [0.15, 0.2) is 9.85 Å². The van der Waals surface area contributed by atoms with E-state index in [4.69, 9.17) is 0 Å². The smallest absolute Gasteiger partial charge is 0.0731 e. The molecular weight excluding hydrogens is 294 g/mol. The average molecular weight is 318 g/mol. The molecule has 17 heavy (non-hydrogen) atoms. The van der Waals surface area contributed by atoms with E-state index >= 15 is 0 Å². The fourth-order valence-electron chi connectivity index (χ4n) is 1.82. The van der Waals surface area contributed by atoms with Crippen molar-refractivity contribution in [3.8, 4) is 0 Å². The van der Waals surface area contributed by atoms with E-state index in [-0.39, 0.29) is 0 Å². The summed E-state index contributed by atoms with van der Waals surface area (Å²) in [4.78, 5) is 1.46. The number of thiophene rings is 1. The van der Waals surface area contributed by atoms with Crippen LogP contribution in [0.3, 0.4) is 0 Å². The molecule has 0 amide bonds. The lowest BCUT2D eigenvalue weighted by atomic mass is 9.88. The van der Waals surface area contributed by atoms with Crippen molar-refractivity contribution >= 4 is 27.3 Å². The molecule has 1 heterocycles. The van der Waals surface area contributed by atoms with Gasteiger partial charge in [-0.15, -0.1) is 11.3 Å². The second-order valence-electron chi connectivity index (χ2n) is 5.82. The van der Waals surface area contributed by atoms with Crippen molar-refractivity contribution in [1.82, 2.24) is 5.32 Å². The summed E-state index contributed by atoms with van der Waals surface area (Å²) in [5.41, 5.74) is 1.76. The standard InChI is InChI=1S/C14H24BrNS/c1-6-16-11(7-8-14(3,4)5)12-9-10(2)13(15)17-12/h9,11,16H,6-8H2,1-5H3. The lowest BCUT2D eigenvalue weighted by Crippen LogP contribution is -2.21. The molecule has 0 fully saturated rings. The molecule has 1 aromatic rings. The van der Waals surface area contributed by atoms with Gasteiger partial charge in [0, 0.05) is 10.9 Å². The molecule has 1 unspecified atom stereocenters. The van der Waals surface area contributed by atoms with Gasteiger partial charge >= 0.3 is 0 Å². The number of rotatable bonds is 5. The van der Waals surface area contributed by atoms with E-state index in [2.05, 4.69) is 61.9 Å². The molecule has 0 aliphatic rings. The first-order chi connectivity index (χ1) is 7.83. The minimum atomic E-state index is 0.414. The van der Waals surface area contributed by atoms with Crippen molar-refractivity contribution in [2.75, 3.05) is 6.54 Å². The molecular formula is C14H24BrNS. The first-order valence-corrected chi connectivity index (χ1v) is 7.93. The average Bonchev–Trinajstić information content (AvgIpc) is 2.52. The quantitative estimate of drug-likeness (QED) is 0.777. The molecule has 98 valence electrons. The fourth-order valence-corrected chi connectivity index (χ4v) is 3.51. The summed E-state index contributed by atoms with van der Waals surface area (Å²) in [6.45, 7) is 12.3. The van der Waals surface area contributed by atoms with Gasteiger partial charge in [0.2, 0.25) is 0 Å². The summed E-state index contributed by atoms with van der Waals surface area (Å²) in [5, 5.41) is 3.60. The topological polar surface area (TPSA) is 12.0 Å². The van der Waals surface area contributed by atoms with E-state index in [1.165, 1.54) is 27.1 Å². The van der Waals surface area contributed by atoms with Gasteiger partial charge in [-0.3, -0.25) is 0 Å². The van der Waals surface area contributed by atoms with Crippen molar-refractivity contribution in [3.05, 3.63) is 20.3 Å². The Hall–Kier alpha value is 0.140. The lowest BCUT2D eigenvalue weighted by molar-refractivity contribution is 0.335. The zero-order valence-corrected chi connectivity index (χ0v) is 14.0. The molecule has 1 atom stereocenters. The Kier molecular flexibility index (Phi) is 5.68. The van der Waals surface area contributed by atoms with E-state index in [9.17, 15) is 0 Å². The van der Waals surface area contributed by atoms with E-state index < -0.39 is 0 Å². The Bertz CT molecular complexity index is 332. The molecule has 0 saturated carbocycles. The summed E-state index contributed by atoms with van der Waals surface area (Å²) in [6.07, 6.45) is 2.46. The van der Waals surface area contributed by atoms with E-state index in [0.717, 1.165) is 6.54 Å². The maximum absolute atomic E-state index is 3.62. The predicted octanol–water partition coefficient (Wildman–Crippen LogP) is 5.30. The molecule has 0 spiro atoms. The molecule has 0 bridgehead atoms. The summed E-state index contributed by atoms with van der Waals surface area (Å²) in [7, 11) is 0. The van der Waals surface area contributed by atoms with Crippen LogP contribution < -0.4 is 5.32 Å². The van der Waals surface area contributed by atoms with Gasteiger partial charge < -0.3 is 5.32 Å². The molecule has 0 aliphatic heterocycles. The molecule has 1 N–H and O–H groups in total. The SMILES string of the molecule is CCNC(CCC(C)(C)C)c1cc(C)c(Br)s1. The highest BCUT2D eigenvalue weighted by atomic mass is 79.9. The summed E-state index contributed by atoms with van der Waals surface area (Å²) < 4.78 is 1.27. The highest BCUT2D eigenvalue weighted by Gasteiger charge is 2.18. The molecule has 1 nitrogen and oxygen atoms in total. The molecule has 0 aromatic carbocycles. The van der Waals surface area contributed by atoms with Crippen LogP contribution in [-0.4, -0.2) is 6.54 Å². The van der Waals surface area contributed by atoms with Crippen molar-refractivity contribution < 1.29 is 0 Å².